The molecule has 1 heterocycles. The number of alkyl halides is 3. The first-order valence-corrected chi connectivity index (χ1v) is 5.74. The Kier molecular flexibility index (Phi) is 3.25. The molecule has 1 atom stereocenters. The highest BCUT2D eigenvalue weighted by Crippen LogP contribution is 2.38. The van der Waals surface area contributed by atoms with Gasteiger partial charge in [0.1, 0.15) is 0 Å². The normalized spacial score (nSPS) is 14.8. The lowest BCUT2D eigenvalue weighted by atomic mass is 10.1. The zero-order chi connectivity index (χ0) is 12.6. The van der Waals surface area contributed by atoms with Crippen LogP contribution in [0.2, 0.25) is 0 Å². The SMILES string of the molecule is Cc1ccncc1C(C(F)(F)F)S(N)(=O)=O. The number of nitrogens with zero attached hydrogens (tertiary/aromatic N) is 1. The van der Waals surface area contributed by atoms with E-state index in [1.807, 2.05) is 0 Å². The molecule has 4 nitrogen and oxygen atoms in total. The van der Waals surface area contributed by atoms with E-state index in [0.29, 0.717) is 0 Å². The molecule has 90 valence electrons. The predicted octanol–water partition coefficient (Wildman–Crippen LogP) is 1.28. The standard InChI is InChI=1S/C8H9F3N2O2S/c1-5-2-3-13-4-6(5)7(8(9,10)11)16(12,14)15/h2-4,7H,1H3,(H2,12,14,15). The van der Waals surface area contributed by atoms with Crippen LogP contribution in [-0.2, 0) is 10.0 Å². The van der Waals surface area contributed by atoms with Crippen LogP contribution < -0.4 is 5.14 Å². The van der Waals surface area contributed by atoms with Crippen molar-refractivity contribution in [2.24, 2.45) is 5.14 Å². The van der Waals surface area contributed by atoms with Crippen LogP contribution in [0.3, 0.4) is 0 Å². The number of halogens is 3. The fourth-order valence-corrected chi connectivity index (χ4v) is 2.26. The molecular formula is C8H9F3N2O2S. The Morgan fingerprint density at radius 1 is 1.44 bits per heavy atom. The number of pyridine rings is 1. The molecule has 0 aliphatic carbocycles. The second kappa shape index (κ2) is 4.02. The minimum Gasteiger partial charge on any atom is -0.264 e. The molecule has 0 aromatic carbocycles. The van der Waals surface area contributed by atoms with Gasteiger partial charge >= 0.3 is 6.18 Å². The first-order chi connectivity index (χ1) is 7.14. The van der Waals surface area contributed by atoms with Crippen molar-refractivity contribution >= 4 is 10.0 Å². The van der Waals surface area contributed by atoms with Crippen LogP contribution in [-0.4, -0.2) is 19.6 Å². The van der Waals surface area contributed by atoms with Gasteiger partial charge in [0, 0.05) is 18.0 Å². The summed E-state index contributed by atoms with van der Waals surface area (Å²) in [6.07, 6.45) is -2.82. The zero-order valence-electron chi connectivity index (χ0n) is 8.19. The van der Waals surface area contributed by atoms with Gasteiger partial charge < -0.3 is 0 Å². The second-order valence-corrected chi connectivity index (χ2v) is 4.89. The first kappa shape index (κ1) is 12.9. The van der Waals surface area contributed by atoms with Gasteiger partial charge in [0.25, 0.3) is 0 Å². The van der Waals surface area contributed by atoms with Crippen molar-refractivity contribution < 1.29 is 21.6 Å². The molecule has 2 N–H and O–H groups in total. The van der Waals surface area contributed by atoms with Crippen LogP contribution in [0.15, 0.2) is 18.5 Å². The second-order valence-electron chi connectivity index (χ2n) is 3.24. The number of hydrogen-bond acceptors (Lipinski definition) is 3. The van der Waals surface area contributed by atoms with E-state index in [-0.39, 0.29) is 5.56 Å². The van der Waals surface area contributed by atoms with Crippen molar-refractivity contribution in [3.05, 3.63) is 29.6 Å². The van der Waals surface area contributed by atoms with Gasteiger partial charge in [-0.25, -0.2) is 13.6 Å². The number of aryl methyl sites for hydroxylation is 1. The molecule has 0 bridgehead atoms. The number of primary sulfonamides is 1. The van der Waals surface area contributed by atoms with E-state index in [9.17, 15) is 21.6 Å². The van der Waals surface area contributed by atoms with Crippen molar-refractivity contribution in [2.75, 3.05) is 0 Å². The van der Waals surface area contributed by atoms with Crippen LogP contribution in [0.5, 0.6) is 0 Å². The van der Waals surface area contributed by atoms with E-state index in [2.05, 4.69) is 10.1 Å². The number of aromatic nitrogens is 1. The van der Waals surface area contributed by atoms with Crippen molar-refractivity contribution in [3.8, 4) is 0 Å². The summed E-state index contributed by atoms with van der Waals surface area (Å²) in [6.45, 7) is 1.36. The third-order valence-electron chi connectivity index (χ3n) is 1.99. The quantitative estimate of drug-likeness (QED) is 0.864. The van der Waals surface area contributed by atoms with E-state index in [1.165, 1.54) is 19.2 Å². The van der Waals surface area contributed by atoms with Crippen molar-refractivity contribution in [1.29, 1.82) is 0 Å². The fraction of sp³-hybridized carbons (Fsp3) is 0.375. The summed E-state index contributed by atoms with van der Waals surface area (Å²) < 4.78 is 59.7. The minimum absolute atomic E-state index is 0.173. The highest BCUT2D eigenvalue weighted by atomic mass is 32.2. The molecule has 0 saturated carbocycles. The molecule has 8 heteroatoms. The summed E-state index contributed by atoms with van der Waals surface area (Å²) in [5, 5.41) is 1.86. The Hall–Kier alpha value is -1.15. The molecular weight excluding hydrogens is 245 g/mol. The molecule has 16 heavy (non-hydrogen) atoms. The van der Waals surface area contributed by atoms with Crippen LogP contribution in [0.1, 0.15) is 16.4 Å². The molecule has 0 aliphatic heterocycles. The van der Waals surface area contributed by atoms with Gasteiger partial charge in [0.05, 0.1) is 0 Å². The first-order valence-electron chi connectivity index (χ1n) is 4.13. The van der Waals surface area contributed by atoms with Crippen molar-refractivity contribution in [2.45, 2.75) is 18.3 Å². The monoisotopic (exact) mass is 254 g/mol. The van der Waals surface area contributed by atoms with Gasteiger partial charge in [-0.1, -0.05) is 0 Å². The van der Waals surface area contributed by atoms with Crippen LogP contribution >= 0.6 is 0 Å². The largest absolute Gasteiger partial charge is 0.410 e. The Labute approximate surface area is 90.3 Å². The van der Waals surface area contributed by atoms with Gasteiger partial charge in [-0.2, -0.15) is 13.2 Å². The minimum atomic E-state index is -4.96. The summed E-state index contributed by atoms with van der Waals surface area (Å²) in [5.74, 6) is 0. The lowest BCUT2D eigenvalue weighted by Gasteiger charge is -2.19. The van der Waals surface area contributed by atoms with E-state index < -0.39 is 27.0 Å². The fourth-order valence-electron chi connectivity index (χ4n) is 1.29. The molecule has 1 aromatic rings. The highest BCUT2D eigenvalue weighted by Gasteiger charge is 2.49. The van der Waals surface area contributed by atoms with Gasteiger partial charge in [-0.15, -0.1) is 0 Å². The summed E-state index contributed by atoms with van der Waals surface area (Å²) in [7, 11) is -4.76. The third kappa shape index (κ3) is 2.70. The maximum atomic E-state index is 12.6. The maximum absolute atomic E-state index is 12.6. The molecule has 1 aromatic heterocycles. The zero-order valence-corrected chi connectivity index (χ0v) is 9.01. The topological polar surface area (TPSA) is 73.0 Å². The predicted molar refractivity (Wildman–Crippen MR) is 50.9 cm³/mol. The van der Waals surface area contributed by atoms with Gasteiger partial charge in [0.2, 0.25) is 10.0 Å². The molecule has 1 rings (SSSR count). The molecule has 1 unspecified atom stereocenters. The Morgan fingerprint density at radius 2 is 2.00 bits per heavy atom. The van der Waals surface area contributed by atoms with Gasteiger partial charge in [-0.05, 0) is 18.6 Å². The van der Waals surface area contributed by atoms with Crippen molar-refractivity contribution in [3.63, 3.8) is 0 Å². The molecule has 0 amide bonds. The number of sulfonamides is 1. The Bertz CT molecular complexity index is 484. The third-order valence-corrected chi connectivity index (χ3v) is 3.17. The smallest absolute Gasteiger partial charge is 0.264 e. The lowest BCUT2D eigenvalue weighted by Crippen LogP contribution is -2.34. The lowest BCUT2D eigenvalue weighted by molar-refractivity contribution is -0.131. The molecule has 0 spiro atoms. The van der Waals surface area contributed by atoms with E-state index in [0.717, 1.165) is 6.20 Å². The summed E-state index contributed by atoms with van der Waals surface area (Å²) in [5.41, 5.74) is -0.274. The molecule has 0 saturated heterocycles. The molecule has 0 radical (unpaired) electrons. The number of nitrogens with two attached hydrogens (primary N) is 1. The Balaban J connectivity index is 3.41. The summed E-state index contributed by atoms with van der Waals surface area (Å²) in [6, 6.07) is 1.29. The van der Waals surface area contributed by atoms with Crippen LogP contribution in [0, 0.1) is 6.92 Å². The summed E-state index contributed by atoms with van der Waals surface area (Å²) >= 11 is 0. The van der Waals surface area contributed by atoms with E-state index in [1.54, 1.807) is 0 Å². The number of rotatable bonds is 2. The number of hydrogen-bond donors (Lipinski definition) is 1. The van der Waals surface area contributed by atoms with E-state index in [4.69, 9.17) is 0 Å². The van der Waals surface area contributed by atoms with Crippen LogP contribution in [0.25, 0.3) is 0 Å². The van der Waals surface area contributed by atoms with Crippen LogP contribution in [0.4, 0.5) is 13.2 Å². The van der Waals surface area contributed by atoms with Gasteiger partial charge in [-0.3, -0.25) is 4.98 Å². The summed E-state index contributed by atoms with van der Waals surface area (Å²) in [4.78, 5) is 3.47. The maximum Gasteiger partial charge on any atom is 0.410 e. The average Bonchev–Trinajstić information content (AvgIpc) is 2.03. The molecule has 0 fully saturated rings. The Morgan fingerprint density at radius 3 is 2.38 bits per heavy atom. The average molecular weight is 254 g/mol. The highest BCUT2D eigenvalue weighted by molar-refractivity contribution is 7.89. The van der Waals surface area contributed by atoms with Gasteiger partial charge in [0.15, 0.2) is 5.25 Å². The van der Waals surface area contributed by atoms with E-state index >= 15 is 0 Å². The van der Waals surface area contributed by atoms with Crippen molar-refractivity contribution in [1.82, 2.24) is 4.98 Å². The molecule has 0 aliphatic rings.